The van der Waals surface area contributed by atoms with E-state index in [1.807, 2.05) is 38.1 Å². The highest BCUT2D eigenvalue weighted by molar-refractivity contribution is 7.98. The van der Waals surface area contributed by atoms with Crippen molar-refractivity contribution in [2.75, 3.05) is 0 Å². The average Bonchev–Trinajstić information content (AvgIpc) is 3.29. The number of nitrogens with one attached hydrogen (secondary N) is 1. The van der Waals surface area contributed by atoms with E-state index in [1.54, 1.807) is 22.8 Å². The van der Waals surface area contributed by atoms with Crippen LogP contribution in [-0.4, -0.2) is 19.5 Å². The zero-order chi connectivity index (χ0) is 21.7. The third kappa shape index (κ3) is 3.65. The standard InChI is InChI=1S/C22H16Cl2N4OS2/c1-11-12(2)31-20-19(11)21(29)28(13-7-8-14(23)15(24)9-13)22(27-20)30-10-18-25-16-5-3-4-6-17(16)26-18/h3-9H,10H2,1-2H3,(H,25,26). The molecule has 0 fully saturated rings. The van der Waals surface area contributed by atoms with E-state index >= 15 is 0 Å². The maximum absolute atomic E-state index is 13.5. The van der Waals surface area contributed by atoms with Gasteiger partial charge < -0.3 is 4.98 Å². The second kappa shape index (κ2) is 7.98. The number of hydrogen-bond acceptors (Lipinski definition) is 5. The Hall–Kier alpha value is -2.32. The molecule has 31 heavy (non-hydrogen) atoms. The number of benzene rings is 2. The zero-order valence-electron chi connectivity index (χ0n) is 16.6. The van der Waals surface area contributed by atoms with Gasteiger partial charge in [0.1, 0.15) is 10.7 Å². The van der Waals surface area contributed by atoms with Crippen molar-refractivity contribution in [2.24, 2.45) is 0 Å². The lowest BCUT2D eigenvalue weighted by Gasteiger charge is -2.12. The van der Waals surface area contributed by atoms with Gasteiger partial charge in [0.15, 0.2) is 5.16 Å². The molecule has 0 atom stereocenters. The van der Waals surface area contributed by atoms with E-state index < -0.39 is 0 Å². The molecule has 0 aliphatic rings. The van der Waals surface area contributed by atoms with Gasteiger partial charge in [-0.2, -0.15) is 0 Å². The fourth-order valence-electron chi connectivity index (χ4n) is 3.43. The van der Waals surface area contributed by atoms with Crippen LogP contribution in [0.25, 0.3) is 26.9 Å². The van der Waals surface area contributed by atoms with Crippen molar-refractivity contribution < 1.29 is 0 Å². The van der Waals surface area contributed by atoms with Crippen LogP contribution in [0.1, 0.15) is 16.3 Å². The predicted octanol–water partition coefficient (Wildman–Crippen LogP) is 6.54. The number of H-pyrrole nitrogens is 1. The number of aryl methyl sites for hydroxylation is 2. The largest absolute Gasteiger partial charge is 0.341 e. The smallest absolute Gasteiger partial charge is 0.267 e. The van der Waals surface area contributed by atoms with E-state index in [1.165, 1.54) is 23.1 Å². The van der Waals surface area contributed by atoms with Crippen molar-refractivity contribution in [3.05, 3.63) is 79.1 Å². The maximum atomic E-state index is 13.5. The number of fused-ring (bicyclic) bond motifs is 2. The molecule has 1 N–H and O–H groups in total. The highest BCUT2D eigenvalue weighted by Gasteiger charge is 2.19. The van der Waals surface area contributed by atoms with Gasteiger partial charge in [-0.05, 0) is 49.7 Å². The molecule has 0 spiro atoms. The highest BCUT2D eigenvalue weighted by atomic mass is 35.5. The van der Waals surface area contributed by atoms with Gasteiger partial charge >= 0.3 is 0 Å². The molecule has 0 aliphatic carbocycles. The molecule has 5 rings (SSSR count). The minimum absolute atomic E-state index is 0.114. The highest BCUT2D eigenvalue weighted by Crippen LogP contribution is 2.32. The number of halogens is 2. The quantitative estimate of drug-likeness (QED) is 0.231. The Labute approximate surface area is 196 Å². The van der Waals surface area contributed by atoms with Crippen molar-refractivity contribution in [1.29, 1.82) is 0 Å². The maximum Gasteiger partial charge on any atom is 0.267 e. The van der Waals surface area contributed by atoms with Gasteiger partial charge in [-0.15, -0.1) is 11.3 Å². The summed E-state index contributed by atoms with van der Waals surface area (Å²) in [4.78, 5) is 28.2. The Bertz CT molecular complexity index is 1490. The molecular formula is C22H16Cl2N4OS2. The van der Waals surface area contributed by atoms with Crippen LogP contribution in [0.5, 0.6) is 0 Å². The van der Waals surface area contributed by atoms with Crippen molar-refractivity contribution in [1.82, 2.24) is 19.5 Å². The Kier molecular flexibility index (Phi) is 5.30. The van der Waals surface area contributed by atoms with Crippen molar-refractivity contribution in [3.63, 3.8) is 0 Å². The van der Waals surface area contributed by atoms with E-state index in [0.29, 0.717) is 32.0 Å². The number of nitrogens with zero attached hydrogens (tertiary/aromatic N) is 3. The van der Waals surface area contributed by atoms with Gasteiger partial charge in [-0.25, -0.2) is 9.97 Å². The number of aromatic amines is 1. The van der Waals surface area contributed by atoms with Crippen LogP contribution < -0.4 is 5.56 Å². The molecule has 3 aromatic heterocycles. The van der Waals surface area contributed by atoms with E-state index in [0.717, 1.165) is 32.1 Å². The van der Waals surface area contributed by atoms with E-state index in [-0.39, 0.29) is 5.56 Å². The SMILES string of the molecule is Cc1sc2nc(SCc3nc4ccccc4[nH]3)n(-c3ccc(Cl)c(Cl)c3)c(=O)c2c1C. The van der Waals surface area contributed by atoms with Crippen molar-refractivity contribution in [3.8, 4) is 5.69 Å². The van der Waals surface area contributed by atoms with Crippen LogP contribution in [0, 0.1) is 13.8 Å². The number of aromatic nitrogens is 4. The van der Waals surface area contributed by atoms with Crippen molar-refractivity contribution >= 4 is 67.6 Å². The normalized spacial score (nSPS) is 11.6. The molecule has 5 aromatic rings. The first-order valence-corrected chi connectivity index (χ1v) is 12.0. The van der Waals surface area contributed by atoms with Gasteiger partial charge in [-0.1, -0.05) is 47.1 Å². The minimum Gasteiger partial charge on any atom is -0.341 e. The summed E-state index contributed by atoms with van der Waals surface area (Å²) in [5.41, 5.74) is 3.36. The fourth-order valence-corrected chi connectivity index (χ4v) is 5.68. The fraction of sp³-hybridized carbons (Fsp3) is 0.136. The molecule has 2 aromatic carbocycles. The number of thiophene rings is 1. The summed E-state index contributed by atoms with van der Waals surface area (Å²) in [6.45, 7) is 3.96. The Morgan fingerprint density at radius 1 is 1.10 bits per heavy atom. The first-order chi connectivity index (χ1) is 14.9. The van der Waals surface area contributed by atoms with E-state index in [9.17, 15) is 4.79 Å². The molecule has 5 nitrogen and oxygen atoms in total. The first kappa shape index (κ1) is 20.6. The summed E-state index contributed by atoms with van der Waals surface area (Å²) < 4.78 is 1.61. The molecule has 0 bridgehead atoms. The summed E-state index contributed by atoms with van der Waals surface area (Å²) in [7, 11) is 0. The number of para-hydroxylation sites is 2. The van der Waals surface area contributed by atoms with E-state index in [4.69, 9.17) is 28.2 Å². The minimum atomic E-state index is -0.114. The summed E-state index contributed by atoms with van der Waals surface area (Å²) >= 11 is 15.3. The molecule has 0 radical (unpaired) electrons. The third-order valence-corrected chi connectivity index (χ3v) is 7.90. The number of imidazole rings is 1. The zero-order valence-corrected chi connectivity index (χ0v) is 19.7. The van der Waals surface area contributed by atoms with Crippen LogP contribution in [0.4, 0.5) is 0 Å². The molecule has 156 valence electrons. The molecule has 9 heteroatoms. The molecule has 3 heterocycles. The van der Waals surface area contributed by atoms with Crippen LogP contribution in [-0.2, 0) is 5.75 Å². The molecule has 0 unspecified atom stereocenters. The van der Waals surface area contributed by atoms with Gasteiger partial charge in [0.2, 0.25) is 0 Å². The Morgan fingerprint density at radius 2 is 1.90 bits per heavy atom. The Balaban J connectivity index is 1.64. The summed E-state index contributed by atoms with van der Waals surface area (Å²) in [5.74, 6) is 1.36. The lowest BCUT2D eigenvalue weighted by atomic mass is 10.2. The predicted molar refractivity (Wildman–Crippen MR) is 130 cm³/mol. The van der Waals surface area contributed by atoms with Crippen LogP contribution >= 0.6 is 46.3 Å². The van der Waals surface area contributed by atoms with Crippen LogP contribution in [0.3, 0.4) is 0 Å². The van der Waals surface area contributed by atoms with Gasteiger partial charge in [0.05, 0.1) is 37.9 Å². The molecule has 0 saturated heterocycles. The van der Waals surface area contributed by atoms with Crippen molar-refractivity contribution in [2.45, 2.75) is 24.8 Å². The third-order valence-electron chi connectivity index (χ3n) is 5.11. The average molecular weight is 487 g/mol. The number of rotatable bonds is 4. The second-order valence-electron chi connectivity index (χ2n) is 7.09. The second-order valence-corrected chi connectivity index (χ2v) is 10.0. The van der Waals surface area contributed by atoms with Gasteiger partial charge in [0.25, 0.3) is 5.56 Å². The van der Waals surface area contributed by atoms with Crippen LogP contribution in [0.2, 0.25) is 10.0 Å². The number of thioether (sulfide) groups is 1. The topological polar surface area (TPSA) is 63.6 Å². The first-order valence-electron chi connectivity index (χ1n) is 9.47. The summed E-state index contributed by atoms with van der Waals surface area (Å²) in [6.07, 6.45) is 0. The Morgan fingerprint density at radius 3 is 2.68 bits per heavy atom. The van der Waals surface area contributed by atoms with Gasteiger partial charge in [0, 0.05) is 4.88 Å². The molecular weight excluding hydrogens is 471 g/mol. The summed E-state index contributed by atoms with van der Waals surface area (Å²) in [6, 6.07) is 13.0. The number of hydrogen-bond donors (Lipinski definition) is 1. The molecule has 0 saturated carbocycles. The lowest BCUT2D eigenvalue weighted by Crippen LogP contribution is -2.21. The van der Waals surface area contributed by atoms with E-state index in [2.05, 4.69) is 9.97 Å². The lowest BCUT2D eigenvalue weighted by molar-refractivity contribution is 0.821. The summed E-state index contributed by atoms with van der Waals surface area (Å²) in [5, 5.41) is 2.04. The molecule has 0 amide bonds. The van der Waals surface area contributed by atoms with Crippen LogP contribution in [0.15, 0.2) is 52.4 Å². The molecule has 0 aliphatic heterocycles. The van der Waals surface area contributed by atoms with Gasteiger partial charge in [-0.3, -0.25) is 9.36 Å². The monoisotopic (exact) mass is 486 g/mol.